The fourth-order valence-electron chi connectivity index (χ4n) is 3.77. The summed E-state index contributed by atoms with van der Waals surface area (Å²) in [5, 5.41) is 0. The van der Waals surface area contributed by atoms with Crippen LogP contribution < -0.4 is 0 Å². The lowest BCUT2D eigenvalue weighted by Crippen LogP contribution is -2.54. The van der Waals surface area contributed by atoms with Gasteiger partial charge in [0.05, 0.1) is 13.2 Å². The van der Waals surface area contributed by atoms with E-state index in [-0.39, 0.29) is 13.2 Å². The number of hydrogen-bond acceptors (Lipinski definition) is 9. The Morgan fingerprint density at radius 1 is 0.842 bits per heavy atom. The smallest absolute Gasteiger partial charge is 0.420 e. The Hall–Kier alpha value is -1.91. The van der Waals surface area contributed by atoms with Crippen LogP contribution in [0, 0.1) is 0 Å². The van der Waals surface area contributed by atoms with Gasteiger partial charge in [0.1, 0.15) is 29.5 Å². The molecule has 1 rings (SSSR count). The van der Waals surface area contributed by atoms with E-state index in [2.05, 4.69) is 13.8 Å². The van der Waals surface area contributed by atoms with Gasteiger partial charge in [0.15, 0.2) is 6.04 Å². The molecule has 0 unspecified atom stereocenters. The molecule has 0 aromatic rings. The van der Waals surface area contributed by atoms with Crippen molar-refractivity contribution in [1.29, 1.82) is 0 Å². The number of amides is 2. The maximum Gasteiger partial charge on any atom is 0.420 e. The van der Waals surface area contributed by atoms with Gasteiger partial charge >= 0.3 is 18.2 Å². The Morgan fingerprint density at radius 3 is 1.82 bits per heavy atom. The molecule has 0 spiro atoms. The van der Waals surface area contributed by atoms with E-state index in [1.807, 2.05) is 0 Å². The molecule has 1 fully saturated rings. The Labute approximate surface area is 229 Å². The minimum absolute atomic E-state index is 0.0958. The van der Waals surface area contributed by atoms with Gasteiger partial charge in [0, 0.05) is 13.2 Å². The van der Waals surface area contributed by atoms with Gasteiger partial charge in [-0.05, 0) is 61.3 Å². The summed E-state index contributed by atoms with van der Waals surface area (Å²) in [6.45, 7) is 16.7. The molecule has 1 heterocycles. The van der Waals surface area contributed by atoms with Gasteiger partial charge in [0.25, 0.3) is 0 Å². The van der Waals surface area contributed by atoms with Crippen LogP contribution in [0.1, 0.15) is 101 Å². The van der Waals surface area contributed by atoms with Crippen LogP contribution in [0.5, 0.6) is 0 Å². The Balaban J connectivity index is 3.23. The average Bonchev–Trinajstić information content (AvgIpc) is 2.82. The van der Waals surface area contributed by atoms with Gasteiger partial charge in [-0.3, -0.25) is 0 Å². The first-order valence-corrected chi connectivity index (χ1v) is 14.0. The molecule has 0 saturated carbocycles. The van der Waals surface area contributed by atoms with E-state index in [1.54, 1.807) is 48.5 Å². The first-order valence-electron chi connectivity index (χ1n) is 14.0. The summed E-state index contributed by atoms with van der Waals surface area (Å²) in [5.74, 6) is -0.817. The number of cyclic esters (lactones) is 1. The molecule has 10 heteroatoms. The van der Waals surface area contributed by atoms with E-state index < -0.39 is 53.7 Å². The van der Waals surface area contributed by atoms with E-state index in [0.29, 0.717) is 18.1 Å². The summed E-state index contributed by atoms with van der Waals surface area (Å²) < 4.78 is 34.8. The van der Waals surface area contributed by atoms with Gasteiger partial charge in [-0.15, -0.1) is 0 Å². The highest BCUT2D eigenvalue weighted by Crippen LogP contribution is 2.22. The first kappa shape index (κ1) is 34.1. The second-order valence-corrected chi connectivity index (χ2v) is 11.7. The summed E-state index contributed by atoms with van der Waals surface area (Å²) in [5.41, 5.74) is -1.83. The van der Waals surface area contributed by atoms with Crippen molar-refractivity contribution in [3.8, 4) is 0 Å². The standard InChI is InChI=1S/C28H51NO9/c1-10-12-14-16-34-22-19-33-18-21(24(30)36-20(3)23(22)35-17-15-13-11-2)29(25(31)37-27(4,5)6)26(32)38-28(7,8)9/h20-23H,10-19H2,1-9H3/t20-,21-,22-,23-/m0/s1. The summed E-state index contributed by atoms with van der Waals surface area (Å²) in [7, 11) is 0. The minimum Gasteiger partial charge on any atom is -0.458 e. The van der Waals surface area contributed by atoms with Crippen LogP contribution in [-0.2, 0) is 33.2 Å². The lowest BCUT2D eigenvalue weighted by Gasteiger charge is -2.32. The van der Waals surface area contributed by atoms with Crippen molar-refractivity contribution in [3.63, 3.8) is 0 Å². The summed E-state index contributed by atoms with van der Waals surface area (Å²) in [6.07, 6.45) is 2.07. The number of esters is 1. The fraction of sp³-hybridized carbons (Fsp3) is 0.893. The van der Waals surface area contributed by atoms with Crippen LogP contribution in [0.4, 0.5) is 9.59 Å². The third kappa shape index (κ3) is 12.8. The van der Waals surface area contributed by atoms with Gasteiger partial charge in [-0.2, -0.15) is 4.90 Å². The SMILES string of the molecule is CCCCCO[C@H]1[C@H](C)OC(=O)[C@@H](N(C(=O)OC(C)(C)C)C(=O)OC(C)(C)C)COC[C@@H]1OCCCCC. The number of carbonyl (C=O) groups is 3. The van der Waals surface area contributed by atoms with Crippen LogP contribution >= 0.6 is 0 Å². The van der Waals surface area contributed by atoms with Crippen LogP contribution in [-0.4, -0.2) is 85.0 Å². The van der Waals surface area contributed by atoms with Crippen LogP contribution in [0.3, 0.4) is 0 Å². The van der Waals surface area contributed by atoms with Gasteiger partial charge < -0.3 is 28.4 Å². The number of ether oxygens (including phenoxy) is 6. The summed E-state index contributed by atoms with van der Waals surface area (Å²) in [6, 6.07) is -1.42. The predicted octanol–water partition coefficient (Wildman–Crippen LogP) is 5.64. The zero-order valence-electron chi connectivity index (χ0n) is 25.0. The Kier molecular flexibility index (Phi) is 14.6. The first-order chi connectivity index (χ1) is 17.7. The van der Waals surface area contributed by atoms with Crippen molar-refractivity contribution < 1.29 is 42.8 Å². The molecule has 222 valence electrons. The fourth-order valence-corrected chi connectivity index (χ4v) is 3.77. The normalized spacial score (nSPS) is 23.0. The molecule has 0 aliphatic carbocycles. The van der Waals surface area contributed by atoms with Crippen molar-refractivity contribution >= 4 is 18.2 Å². The molecule has 38 heavy (non-hydrogen) atoms. The number of nitrogens with zero attached hydrogens (tertiary/aromatic N) is 1. The molecule has 0 bridgehead atoms. The third-order valence-electron chi connectivity index (χ3n) is 5.59. The highest BCUT2D eigenvalue weighted by Gasteiger charge is 2.44. The number of hydrogen-bond donors (Lipinski definition) is 0. The van der Waals surface area contributed by atoms with Crippen molar-refractivity contribution in [1.82, 2.24) is 4.90 Å². The molecule has 1 aliphatic heterocycles. The van der Waals surface area contributed by atoms with E-state index >= 15 is 0 Å². The van der Waals surface area contributed by atoms with E-state index in [0.717, 1.165) is 38.5 Å². The van der Waals surface area contributed by atoms with E-state index in [1.165, 1.54) is 0 Å². The number of carbonyl (C=O) groups excluding carboxylic acids is 3. The molecular weight excluding hydrogens is 494 g/mol. The second-order valence-electron chi connectivity index (χ2n) is 11.7. The van der Waals surface area contributed by atoms with Gasteiger partial charge in [-0.25, -0.2) is 14.4 Å². The molecular formula is C28H51NO9. The molecule has 0 radical (unpaired) electrons. The van der Waals surface area contributed by atoms with Gasteiger partial charge in [-0.1, -0.05) is 39.5 Å². The zero-order valence-corrected chi connectivity index (χ0v) is 25.0. The molecule has 0 aromatic carbocycles. The largest absolute Gasteiger partial charge is 0.458 e. The Bertz CT molecular complexity index is 701. The molecule has 0 N–H and O–H groups in total. The van der Waals surface area contributed by atoms with Crippen molar-refractivity contribution in [2.75, 3.05) is 26.4 Å². The Morgan fingerprint density at radius 2 is 1.34 bits per heavy atom. The molecule has 0 aromatic heterocycles. The average molecular weight is 546 g/mol. The topological polar surface area (TPSA) is 110 Å². The number of rotatable bonds is 11. The highest BCUT2D eigenvalue weighted by atomic mass is 16.6. The maximum absolute atomic E-state index is 13.4. The molecule has 4 atom stereocenters. The monoisotopic (exact) mass is 545 g/mol. The second kappa shape index (κ2) is 16.3. The summed E-state index contributed by atoms with van der Waals surface area (Å²) >= 11 is 0. The lowest BCUT2D eigenvalue weighted by atomic mass is 10.1. The predicted molar refractivity (Wildman–Crippen MR) is 143 cm³/mol. The minimum atomic E-state index is -1.42. The van der Waals surface area contributed by atoms with E-state index in [4.69, 9.17) is 28.4 Å². The highest BCUT2D eigenvalue weighted by molar-refractivity contribution is 5.94. The van der Waals surface area contributed by atoms with E-state index in [9.17, 15) is 14.4 Å². The maximum atomic E-state index is 13.4. The van der Waals surface area contributed by atoms with Gasteiger partial charge in [0.2, 0.25) is 0 Å². The summed E-state index contributed by atoms with van der Waals surface area (Å²) in [4.78, 5) is 40.3. The number of unbranched alkanes of at least 4 members (excludes halogenated alkanes) is 4. The zero-order chi connectivity index (χ0) is 28.9. The lowest BCUT2D eigenvalue weighted by molar-refractivity contribution is -0.170. The van der Waals surface area contributed by atoms with Crippen LogP contribution in [0.15, 0.2) is 0 Å². The van der Waals surface area contributed by atoms with Crippen LogP contribution in [0.25, 0.3) is 0 Å². The molecule has 1 aliphatic rings. The van der Waals surface area contributed by atoms with Crippen LogP contribution in [0.2, 0.25) is 0 Å². The van der Waals surface area contributed by atoms with Crippen molar-refractivity contribution in [2.24, 2.45) is 0 Å². The number of imide groups is 1. The third-order valence-corrected chi connectivity index (χ3v) is 5.59. The quantitative estimate of drug-likeness (QED) is 0.185. The molecule has 10 nitrogen and oxygen atoms in total. The molecule has 2 amide bonds. The van der Waals surface area contributed by atoms with Crippen molar-refractivity contribution in [2.45, 2.75) is 136 Å². The van der Waals surface area contributed by atoms with Crippen molar-refractivity contribution in [3.05, 3.63) is 0 Å². The molecule has 1 saturated heterocycles.